The van der Waals surface area contributed by atoms with E-state index in [0.29, 0.717) is 5.56 Å². The number of nitrogens with zero attached hydrogens (tertiary/aromatic N) is 1. The molecular formula is C15H20F2N2O. The highest BCUT2D eigenvalue weighted by Crippen LogP contribution is 2.35. The molecule has 0 bridgehead atoms. The Hall–Kier alpha value is -1.46. The molecule has 0 aromatic heterocycles. The van der Waals surface area contributed by atoms with Gasteiger partial charge in [0.2, 0.25) is 5.82 Å². The standard InChI is InChI=1S/C15H20F2N2O/c1-2-3-4-13(19-9-7-18-8-10-19)11-5-6-12(16)14(17)15(11)20/h2,5-6,13,18,20H,1,3-4,7-10H2/t13-/m1/s1. The molecule has 0 unspecified atom stereocenters. The topological polar surface area (TPSA) is 35.5 Å². The van der Waals surface area contributed by atoms with Gasteiger partial charge in [-0.3, -0.25) is 4.90 Å². The highest BCUT2D eigenvalue weighted by molar-refractivity contribution is 5.37. The minimum Gasteiger partial charge on any atom is -0.505 e. The van der Waals surface area contributed by atoms with Gasteiger partial charge in [-0.2, -0.15) is 4.39 Å². The largest absolute Gasteiger partial charge is 0.505 e. The van der Waals surface area contributed by atoms with E-state index < -0.39 is 17.4 Å². The van der Waals surface area contributed by atoms with Crippen molar-refractivity contribution in [1.29, 1.82) is 0 Å². The highest BCUT2D eigenvalue weighted by atomic mass is 19.2. The summed E-state index contributed by atoms with van der Waals surface area (Å²) < 4.78 is 26.7. The Morgan fingerprint density at radius 2 is 2.05 bits per heavy atom. The number of allylic oxidation sites excluding steroid dienone is 1. The van der Waals surface area contributed by atoms with Crippen molar-refractivity contribution in [2.24, 2.45) is 0 Å². The van der Waals surface area contributed by atoms with E-state index in [1.165, 1.54) is 6.07 Å². The van der Waals surface area contributed by atoms with Crippen molar-refractivity contribution in [2.75, 3.05) is 26.2 Å². The minimum absolute atomic E-state index is 0.120. The Morgan fingerprint density at radius 1 is 1.35 bits per heavy atom. The van der Waals surface area contributed by atoms with E-state index in [9.17, 15) is 13.9 Å². The molecular weight excluding hydrogens is 262 g/mol. The molecule has 1 heterocycles. The number of hydrogen-bond acceptors (Lipinski definition) is 3. The summed E-state index contributed by atoms with van der Waals surface area (Å²) in [5, 5.41) is 13.1. The normalized spacial score (nSPS) is 17.9. The quantitative estimate of drug-likeness (QED) is 0.815. The van der Waals surface area contributed by atoms with Gasteiger partial charge in [-0.25, -0.2) is 4.39 Å². The van der Waals surface area contributed by atoms with Gasteiger partial charge >= 0.3 is 0 Å². The maximum Gasteiger partial charge on any atom is 0.200 e. The second kappa shape index (κ2) is 6.81. The Bertz CT molecular complexity index is 473. The summed E-state index contributed by atoms with van der Waals surface area (Å²) in [6.07, 6.45) is 3.28. The van der Waals surface area contributed by atoms with E-state index in [4.69, 9.17) is 0 Å². The van der Waals surface area contributed by atoms with Crippen molar-refractivity contribution in [1.82, 2.24) is 10.2 Å². The second-order valence-electron chi connectivity index (χ2n) is 4.97. The average molecular weight is 282 g/mol. The minimum atomic E-state index is -1.17. The molecule has 0 spiro atoms. The molecule has 1 atom stereocenters. The summed E-state index contributed by atoms with van der Waals surface area (Å²) in [6, 6.07) is 2.43. The predicted molar refractivity (Wildman–Crippen MR) is 74.6 cm³/mol. The van der Waals surface area contributed by atoms with Crippen molar-refractivity contribution in [3.63, 3.8) is 0 Å². The van der Waals surface area contributed by atoms with E-state index in [1.54, 1.807) is 6.08 Å². The highest BCUT2D eigenvalue weighted by Gasteiger charge is 2.26. The molecule has 1 aromatic carbocycles. The van der Waals surface area contributed by atoms with Crippen LogP contribution in [-0.2, 0) is 0 Å². The third-order valence-corrected chi connectivity index (χ3v) is 3.70. The summed E-state index contributed by atoms with van der Waals surface area (Å²) in [5.41, 5.74) is 0.452. The average Bonchev–Trinajstić information content (AvgIpc) is 2.48. The number of nitrogens with one attached hydrogen (secondary N) is 1. The number of rotatable bonds is 5. The van der Waals surface area contributed by atoms with Crippen molar-refractivity contribution < 1.29 is 13.9 Å². The summed E-state index contributed by atoms with van der Waals surface area (Å²) in [4.78, 5) is 2.19. The van der Waals surface area contributed by atoms with Gasteiger partial charge in [-0.15, -0.1) is 6.58 Å². The zero-order chi connectivity index (χ0) is 14.5. The third-order valence-electron chi connectivity index (χ3n) is 3.70. The monoisotopic (exact) mass is 282 g/mol. The smallest absolute Gasteiger partial charge is 0.200 e. The number of phenolic OH excluding ortho intramolecular Hbond substituents is 1. The molecule has 1 aliphatic rings. The van der Waals surface area contributed by atoms with Crippen LogP contribution in [0, 0.1) is 11.6 Å². The first kappa shape index (κ1) is 14.9. The molecule has 0 radical (unpaired) electrons. The molecule has 0 saturated carbocycles. The van der Waals surface area contributed by atoms with Crippen LogP contribution in [0.5, 0.6) is 5.75 Å². The lowest BCUT2D eigenvalue weighted by Gasteiger charge is -2.35. The van der Waals surface area contributed by atoms with Gasteiger partial charge in [0.15, 0.2) is 11.6 Å². The molecule has 1 aliphatic heterocycles. The Morgan fingerprint density at radius 3 is 2.70 bits per heavy atom. The van der Waals surface area contributed by atoms with Gasteiger partial charge in [-0.1, -0.05) is 12.1 Å². The molecule has 2 N–H and O–H groups in total. The van der Waals surface area contributed by atoms with Crippen molar-refractivity contribution >= 4 is 0 Å². The molecule has 1 aromatic rings. The maximum absolute atomic E-state index is 13.6. The van der Waals surface area contributed by atoms with Gasteiger partial charge in [-0.05, 0) is 18.9 Å². The molecule has 0 aliphatic carbocycles. The van der Waals surface area contributed by atoms with Crippen molar-refractivity contribution in [3.05, 3.63) is 42.0 Å². The zero-order valence-electron chi connectivity index (χ0n) is 11.4. The first-order valence-electron chi connectivity index (χ1n) is 6.87. The number of piperazine rings is 1. The SMILES string of the molecule is C=CCC[C@H](c1ccc(F)c(F)c1O)N1CCNCC1. The van der Waals surface area contributed by atoms with Gasteiger partial charge in [0.25, 0.3) is 0 Å². The molecule has 110 valence electrons. The molecule has 1 fully saturated rings. The first-order valence-corrected chi connectivity index (χ1v) is 6.87. The summed E-state index contributed by atoms with van der Waals surface area (Å²) in [5.74, 6) is -2.76. The van der Waals surface area contributed by atoms with Crippen LogP contribution in [0.4, 0.5) is 8.78 Å². The summed E-state index contributed by atoms with van der Waals surface area (Å²) >= 11 is 0. The first-order chi connectivity index (χ1) is 9.65. The van der Waals surface area contributed by atoms with Crippen LogP contribution in [-0.4, -0.2) is 36.2 Å². The van der Waals surface area contributed by atoms with Gasteiger partial charge in [0.1, 0.15) is 0 Å². The summed E-state index contributed by atoms with van der Waals surface area (Å²) in [6.45, 7) is 7.05. The Kier molecular flexibility index (Phi) is 5.09. The van der Waals surface area contributed by atoms with E-state index in [1.807, 2.05) is 0 Å². The number of phenols is 1. The molecule has 5 heteroatoms. The number of halogens is 2. The molecule has 3 nitrogen and oxygen atoms in total. The van der Waals surface area contributed by atoms with E-state index in [2.05, 4.69) is 16.8 Å². The van der Waals surface area contributed by atoms with Crippen molar-refractivity contribution in [3.8, 4) is 5.75 Å². The third kappa shape index (κ3) is 3.16. The molecule has 20 heavy (non-hydrogen) atoms. The number of hydrogen-bond donors (Lipinski definition) is 2. The van der Waals surface area contributed by atoms with Crippen LogP contribution in [0.15, 0.2) is 24.8 Å². The second-order valence-corrected chi connectivity index (χ2v) is 4.97. The molecule has 1 saturated heterocycles. The van der Waals surface area contributed by atoms with Crippen LogP contribution in [0.25, 0.3) is 0 Å². The lowest BCUT2D eigenvalue weighted by atomic mass is 9.98. The molecule has 2 rings (SSSR count). The number of benzene rings is 1. The number of aromatic hydroxyl groups is 1. The lowest BCUT2D eigenvalue weighted by Crippen LogP contribution is -2.45. The van der Waals surface area contributed by atoms with E-state index >= 15 is 0 Å². The van der Waals surface area contributed by atoms with Gasteiger partial charge < -0.3 is 10.4 Å². The van der Waals surface area contributed by atoms with E-state index in [-0.39, 0.29) is 6.04 Å². The van der Waals surface area contributed by atoms with Crippen LogP contribution in [0.2, 0.25) is 0 Å². The van der Waals surface area contributed by atoms with Crippen molar-refractivity contribution in [2.45, 2.75) is 18.9 Å². The van der Waals surface area contributed by atoms with Crippen LogP contribution < -0.4 is 5.32 Å². The fourth-order valence-corrected chi connectivity index (χ4v) is 2.63. The molecule has 0 amide bonds. The summed E-state index contributed by atoms with van der Waals surface area (Å²) in [7, 11) is 0. The van der Waals surface area contributed by atoms with Crippen LogP contribution in [0.3, 0.4) is 0 Å². The zero-order valence-corrected chi connectivity index (χ0v) is 11.4. The maximum atomic E-state index is 13.6. The fourth-order valence-electron chi connectivity index (χ4n) is 2.63. The lowest BCUT2D eigenvalue weighted by molar-refractivity contribution is 0.162. The van der Waals surface area contributed by atoms with Crippen LogP contribution >= 0.6 is 0 Å². The van der Waals surface area contributed by atoms with Crippen LogP contribution in [0.1, 0.15) is 24.4 Å². The van der Waals surface area contributed by atoms with Gasteiger partial charge in [0, 0.05) is 37.8 Å². The predicted octanol–water partition coefficient (Wildman–Crippen LogP) is 2.58. The Labute approximate surface area is 117 Å². The van der Waals surface area contributed by atoms with E-state index in [0.717, 1.165) is 45.1 Å². The Balaban J connectivity index is 2.29. The fraction of sp³-hybridized carbons (Fsp3) is 0.467. The van der Waals surface area contributed by atoms with Gasteiger partial charge in [0.05, 0.1) is 0 Å².